The largest absolute Gasteiger partial charge is 0.309 e. The lowest BCUT2D eigenvalue weighted by Crippen LogP contribution is -2.57. The fourth-order valence-electron chi connectivity index (χ4n) is 4.33. The third-order valence-electron chi connectivity index (χ3n) is 5.45. The molecule has 0 spiro atoms. The highest BCUT2D eigenvalue weighted by Crippen LogP contribution is 2.46. The average molecular weight is 325 g/mol. The Labute approximate surface area is 147 Å². The molecule has 2 aliphatic rings. The van der Waals surface area contributed by atoms with Crippen LogP contribution in [0.2, 0.25) is 0 Å². The van der Waals surface area contributed by atoms with Gasteiger partial charge in [0.1, 0.15) is 0 Å². The monoisotopic (exact) mass is 324 g/mol. The number of piperazine rings is 1. The fraction of sp³-hybridized carbons (Fsp3) is 0.545. The van der Waals surface area contributed by atoms with Crippen LogP contribution in [0.15, 0.2) is 42.5 Å². The van der Waals surface area contributed by atoms with E-state index >= 15 is 0 Å². The fourth-order valence-corrected chi connectivity index (χ4v) is 4.33. The van der Waals surface area contributed by atoms with E-state index in [4.69, 9.17) is 0 Å². The molecule has 0 amide bonds. The molecule has 130 valence electrons. The van der Waals surface area contributed by atoms with Gasteiger partial charge in [0, 0.05) is 31.2 Å². The summed E-state index contributed by atoms with van der Waals surface area (Å²) in [4.78, 5) is 2.71. The van der Waals surface area contributed by atoms with Gasteiger partial charge in [0.2, 0.25) is 0 Å². The summed E-state index contributed by atoms with van der Waals surface area (Å²) in [5.74, 6) is 0.658. The predicted molar refractivity (Wildman–Crippen MR) is 104 cm³/mol. The van der Waals surface area contributed by atoms with Gasteiger partial charge in [-0.15, -0.1) is 0 Å². The minimum Gasteiger partial charge on any atom is -0.309 e. The molecule has 1 N–H and O–H groups in total. The molecular formula is C22H32N2. The quantitative estimate of drug-likeness (QED) is 0.806. The van der Waals surface area contributed by atoms with E-state index in [1.807, 2.05) is 0 Å². The third-order valence-corrected chi connectivity index (χ3v) is 5.45. The van der Waals surface area contributed by atoms with E-state index in [-0.39, 0.29) is 5.54 Å². The Morgan fingerprint density at radius 1 is 1.25 bits per heavy atom. The van der Waals surface area contributed by atoms with Crippen molar-refractivity contribution in [1.29, 1.82) is 0 Å². The van der Waals surface area contributed by atoms with Crippen LogP contribution >= 0.6 is 0 Å². The molecule has 1 aliphatic heterocycles. The number of fused-ring (bicyclic) bond motifs is 1. The van der Waals surface area contributed by atoms with Gasteiger partial charge in [-0.3, -0.25) is 4.90 Å². The normalized spacial score (nSPS) is 27.2. The van der Waals surface area contributed by atoms with Gasteiger partial charge in [0.15, 0.2) is 0 Å². The van der Waals surface area contributed by atoms with Gasteiger partial charge in [-0.1, -0.05) is 48.1 Å². The summed E-state index contributed by atoms with van der Waals surface area (Å²) < 4.78 is 0. The highest BCUT2D eigenvalue weighted by atomic mass is 15.2. The van der Waals surface area contributed by atoms with Crippen LogP contribution in [-0.2, 0) is 0 Å². The number of nitrogens with zero attached hydrogens (tertiary/aromatic N) is 1. The molecule has 1 heterocycles. The second-order valence-electron chi connectivity index (χ2n) is 8.05. The molecule has 1 aliphatic carbocycles. The van der Waals surface area contributed by atoms with Crippen LogP contribution in [0.25, 0.3) is 0 Å². The topological polar surface area (TPSA) is 15.3 Å². The summed E-state index contributed by atoms with van der Waals surface area (Å²) in [6, 6.07) is 7.68. The molecule has 2 atom stereocenters. The molecule has 2 heteroatoms. The zero-order chi connectivity index (χ0) is 17.2. The van der Waals surface area contributed by atoms with Crippen LogP contribution in [0.1, 0.15) is 62.3 Å². The van der Waals surface area contributed by atoms with E-state index in [1.165, 1.54) is 12.0 Å². The second kappa shape index (κ2) is 7.25. The Morgan fingerprint density at radius 2 is 2.08 bits per heavy atom. The molecule has 3 rings (SSSR count). The van der Waals surface area contributed by atoms with Gasteiger partial charge in [0.05, 0.1) is 0 Å². The molecule has 0 radical (unpaired) electrons. The van der Waals surface area contributed by atoms with Crippen LogP contribution in [0, 0.1) is 6.92 Å². The third kappa shape index (κ3) is 3.81. The van der Waals surface area contributed by atoms with E-state index in [9.17, 15) is 0 Å². The maximum Gasteiger partial charge on any atom is 0.0358 e. The lowest BCUT2D eigenvalue weighted by molar-refractivity contribution is 0.106. The van der Waals surface area contributed by atoms with E-state index in [0.29, 0.717) is 12.0 Å². The molecule has 0 saturated carbocycles. The minimum absolute atomic E-state index is 0.214. The SMILES string of the molecule is C/C=C\C=C/CC1C[C@@H](N2CCNC(C)(C)C2)c2cc(C)ccc21. The van der Waals surface area contributed by atoms with E-state index < -0.39 is 0 Å². The number of rotatable bonds is 4. The smallest absolute Gasteiger partial charge is 0.0358 e. The highest BCUT2D eigenvalue weighted by molar-refractivity contribution is 5.41. The number of hydrogen-bond acceptors (Lipinski definition) is 2. The zero-order valence-corrected chi connectivity index (χ0v) is 15.7. The van der Waals surface area contributed by atoms with Crippen molar-refractivity contribution in [1.82, 2.24) is 10.2 Å². The van der Waals surface area contributed by atoms with Crippen LogP contribution in [-0.4, -0.2) is 30.1 Å². The molecule has 0 aromatic heterocycles. The lowest BCUT2D eigenvalue weighted by Gasteiger charge is -2.42. The van der Waals surface area contributed by atoms with Crippen LogP contribution in [0.4, 0.5) is 0 Å². The van der Waals surface area contributed by atoms with E-state index in [1.54, 1.807) is 11.1 Å². The first kappa shape index (κ1) is 17.4. The first-order chi connectivity index (χ1) is 11.5. The number of allylic oxidation sites excluding steroid dienone is 4. The summed E-state index contributed by atoms with van der Waals surface area (Å²) in [6.07, 6.45) is 11.1. The zero-order valence-electron chi connectivity index (χ0n) is 15.7. The Morgan fingerprint density at radius 3 is 2.83 bits per heavy atom. The van der Waals surface area contributed by atoms with Crippen molar-refractivity contribution in [3.63, 3.8) is 0 Å². The minimum atomic E-state index is 0.214. The highest BCUT2D eigenvalue weighted by Gasteiger charge is 2.37. The molecule has 24 heavy (non-hydrogen) atoms. The number of benzene rings is 1. The van der Waals surface area contributed by atoms with Crippen molar-refractivity contribution in [2.24, 2.45) is 0 Å². The summed E-state index contributed by atoms with van der Waals surface area (Å²) in [6.45, 7) is 12.3. The molecular weight excluding hydrogens is 292 g/mol. The molecule has 2 nitrogen and oxygen atoms in total. The summed E-state index contributed by atoms with van der Waals surface area (Å²) in [7, 11) is 0. The molecule has 1 aromatic carbocycles. The van der Waals surface area contributed by atoms with Crippen molar-refractivity contribution in [3.05, 3.63) is 59.2 Å². The Bertz CT molecular complexity index is 627. The summed E-state index contributed by atoms with van der Waals surface area (Å²) in [5, 5.41) is 3.65. The van der Waals surface area contributed by atoms with Crippen molar-refractivity contribution in [2.45, 2.75) is 58.0 Å². The summed E-state index contributed by atoms with van der Waals surface area (Å²) >= 11 is 0. The van der Waals surface area contributed by atoms with Gasteiger partial charge in [0.25, 0.3) is 0 Å². The van der Waals surface area contributed by atoms with Crippen LogP contribution in [0.5, 0.6) is 0 Å². The number of nitrogens with one attached hydrogen (secondary N) is 1. The number of hydrogen-bond donors (Lipinski definition) is 1. The van der Waals surface area contributed by atoms with Gasteiger partial charge >= 0.3 is 0 Å². The van der Waals surface area contributed by atoms with Gasteiger partial charge in [-0.25, -0.2) is 0 Å². The molecule has 1 saturated heterocycles. The van der Waals surface area contributed by atoms with E-state index in [2.05, 4.69) is 80.4 Å². The first-order valence-electron chi connectivity index (χ1n) is 9.37. The van der Waals surface area contributed by atoms with Gasteiger partial charge in [-0.05, 0) is 57.6 Å². The van der Waals surface area contributed by atoms with Gasteiger partial charge < -0.3 is 5.32 Å². The van der Waals surface area contributed by atoms with Crippen LogP contribution < -0.4 is 5.32 Å². The maximum absolute atomic E-state index is 3.65. The molecule has 0 bridgehead atoms. The predicted octanol–water partition coefficient (Wildman–Crippen LogP) is 4.73. The van der Waals surface area contributed by atoms with Crippen molar-refractivity contribution in [3.8, 4) is 0 Å². The maximum atomic E-state index is 3.65. The average Bonchev–Trinajstić information content (AvgIpc) is 2.88. The van der Waals surface area contributed by atoms with Crippen LogP contribution in [0.3, 0.4) is 0 Å². The van der Waals surface area contributed by atoms with Crippen molar-refractivity contribution < 1.29 is 0 Å². The van der Waals surface area contributed by atoms with Crippen molar-refractivity contribution in [2.75, 3.05) is 19.6 Å². The second-order valence-corrected chi connectivity index (χ2v) is 8.05. The first-order valence-corrected chi connectivity index (χ1v) is 9.37. The molecule has 1 unspecified atom stereocenters. The molecule has 1 aromatic rings. The number of aryl methyl sites for hydroxylation is 1. The summed E-state index contributed by atoms with van der Waals surface area (Å²) in [5.41, 5.74) is 4.76. The standard InChI is InChI=1S/C22H32N2/c1-5-6-7-8-9-18-15-21(20-14-17(2)10-11-19(18)20)24-13-12-23-22(3,4)16-24/h5-8,10-11,14,18,21,23H,9,12-13,15-16H2,1-4H3/b6-5-,8-7-/t18?,21-/m1/s1. The molecule has 1 fully saturated rings. The van der Waals surface area contributed by atoms with Gasteiger partial charge in [-0.2, -0.15) is 0 Å². The van der Waals surface area contributed by atoms with E-state index in [0.717, 1.165) is 26.1 Å². The lowest BCUT2D eigenvalue weighted by atomic mass is 9.97. The Balaban J connectivity index is 1.82. The Hall–Kier alpha value is -1.38. The van der Waals surface area contributed by atoms with Crippen molar-refractivity contribution >= 4 is 0 Å². The Kier molecular flexibility index (Phi) is 5.27.